The van der Waals surface area contributed by atoms with Gasteiger partial charge in [-0.05, 0) is 20.9 Å². The van der Waals surface area contributed by atoms with Gasteiger partial charge < -0.3 is 15.7 Å². The molecule has 0 aliphatic rings. The maximum atomic E-state index is 8.71. The van der Waals surface area contributed by atoms with Gasteiger partial charge in [-0.2, -0.15) is 0 Å². The van der Waals surface area contributed by atoms with Gasteiger partial charge in [0, 0.05) is 12.6 Å². The van der Waals surface area contributed by atoms with E-state index in [1.165, 1.54) is 0 Å². The van der Waals surface area contributed by atoms with Crippen LogP contribution in [0.15, 0.2) is 0 Å². The lowest BCUT2D eigenvalue weighted by Crippen LogP contribution is -2.38. The van der Waals surface area contributed by atoms with Gasteiger partial charge in [0.15, 0.2) is 0 Å². The summed E-state index contributed by atoms with van der Waals surface area (Å²) in [5.41, 5.74) is 5.14. The van der Waals surface area contributed by atoms with Crippen LogP contribution in [0.5, 0.6) is 0 Å². The SMILES string of the molecule is CC(C)N(C)CC(N)O. The van der Waals surface area contributed by atoms with E-state index in [2.05, 4.69) is 13.8 Å². The average Bonchev–Trinajstić information content (AvgIpc) is 1.63. The highest BCUT2D eigenvalue weighted by Gasteiger charge is 2.04. The first kappa shape index (κ1) is 8.88. The molecule has 3 nitrogen and oxygen atoms in total. The molecule has 0 spiro atoms. The molecule has 0 aromatic carbocycles. The minimum Gasteiger partial charge on any atom is -0.377 e. The van der Waals surface area contributed by atoms with Crippen LogP contribution in [-0.2, 0) is 0 Å². The third-order valence-corrected chi connectivity index (χ3v) is 1.36. The maximum absolute atomic E-state index is 8.71. The van der Waals surface area contributed by atoms with Crippen LogP contribution in [0.2, 0.25) is 0 Å². The Balaban J connectivity index is 3.38. The minimum atomic E-state index is -0.711. The standard InChI is InChI=1S/C6H16N2O/c1-5(2)8(3)4-6(7)9/h5-6,9H,4,7H2,1-3H3. The van der Waals surface area contributed by atoms with E-state index in [4.69, 9.17) is 10.8 Å². The number of nitrogens with zero attached hydrogens (tertiary/aromatic N) is 1. The highest BCUT2D eigenvalue weighted by Crippen LogP contribution is 1.91. The van der Waals surface area contributed by atoms with Crippen LogP contribution in [-0.4, -0.2) is 35.9 Å². The molecule has 0 radical (unpaired) electrons. The number of hydrogen-bond donors (Lipinski definition) is 2. The van der Waals surface area contributed by atoms with E-state index in [9.17, 15) is 0 Å². The summed E-state index contributed by atoms with van der Waals surface area (Å²) in [6.07, 6.45) is -0.711. The number of rotatable bonds is 3. The van der Waals surface area contributed by atoms with E-state index in [0.29, 0.717) is 12.6 Å². The fourth-order valence-electron chi connectivity index (χ4n) is 0.506. The Kier molecular flexibility index (Phi) is 3.77. The molecule has 0 aliphatic heterocycles. The Morgan fingerprint density at radius 2 is 2.00 bits per heavy atom. The van der Waals surface area contributed by atoms with Crippen molar-refractivity contribution in [2.75, 3.05) is 13.6 Å². The molecule has 3 heteroatoms. The molecule has 56 valence electrons. The normalized spacial score (nSPS) is 15.0. The molecule has 9 heavy (non-hydrogen) atoms. The van der Waals surface area contributed by atoms with Gasteiger partial charge in [-0.15, -0.1) is 0 Å². The monoisotopic (exact) mass is 132 g/mol. The van der Waals surface area contributed by atoms with Crippen molar-refractivity contribution in [3.8, 4) is 0 Å². The Hall–Kier alpha value is -0.120. The van der Waals surface area contributed by atoms with Crippen LogP contribution in [0.3, 0.4) is 0 Å². The lowest BCUT2D eigenvalue weighted by atomic mass is 10.3. The van der Waals surface area contributed by atoms with E-state index in [1.54, 1.807) is 0 Å². The molecular formula is C6H16N2O. The summed E-state index contributed by atoms with van der Waals surface area (Å²) in [5.74, 6) is 0. The topological polar surface area (TPSA) is 49.5 Å². The zero-order valence-electron chi connectivity index (χ0n) is 6.33. The Morgan fingerprint density at radius 1 is 1.56 bits per heavy atom. The highest BCUT2D eigenvalue weighted by atomic mass is 16.3. The second-order valence-electron chi connectivity index (χ2n) is 2.60. The van der Waals surface area contributed by atoms with Gasteiger partial charge in [0.1, 0.15) is 6.23 Å². The smallest absolute Gasteiger partial charge is 0.115 e. The first-order valence-corrected chi connectivity index (χ1v) is 3.18. The largest absolute Gasteiger partial charge is 0.377 e. The van der Waals surface area contributed by atoms with Crippen LogP contribution in [0.25, 0.3) is 0 Å². The van der Waals surface area contributed by atoms with Crippen molar-refractivity contribution < 1.29 is 5.11 Å². The van der Waals surface area contributed by atoms with Crippen molar-refractivity contribution in [1.29, 1.82) is 0 Å². The molecule has 0 fully saturated rings. The predicted octanol–water partition coefficient (Wildman–Crippen LogP) is -0.396. The number of hydrogen-bond acceptors (Lipinski definition) is 3. The molecule has 3 N–H and O–H groups in total. The van der Waals surface area contributed by atoms with Crippen LogP contribution in [0.4, 0.5) is 0 Å². The van der Waals surface area contributed by atoms with Crippen LogP contribution < -0.4 is 5.73 Å². The second kappa shape index (κ2) is 3.82. The van der Waals surface area contributed by atoms with Crippen LogP contribution >= 0.6 is 0 Å². The summed E-state index contributed by atoms with van der Waals surface area (Å²) in [7, 11) is 1.93. The quantitative estimate of drug-likeness (QED) is 0.514. The van der Waals surface area contributed by atoms with E-state index in [-0.39, 0.29) is 0 Å². The van der Waals surface area contributed by atoms with Crippen LogP contribution in [0.1, 0.15) is 13.8 Å². The van der Waals surface area contributed by atoms with Gasteiger partial charge >= 0.3 is 0 Å². The van der Waals surface area contributed by atoms with E-state index < -0.39 is 6.23 Å². The minimum absolute atomic E-state index is 0.447. The van der Waals surface area contributed by atoms with E-state index in [0.717, 1.165) is 0 Å². The Labute approximate surface area is 56.5 Å². The fourth-order valence-corrected chi connectivity index (χ4v) is 0.506. The van der Waals surface area contributed by atoms with Crippen molar-refractivity contribution in [1.82, 2.24) is 4.90 Å². The van der Waals surface area contributed by atoms with Crippen molar-refractivity contribution in [3.63, 3.8) is 0 Å². The molecule has 0 heterocycles. The molecule has 0 aromatic rings. The maximum Gasteiger partial charge on any atom is 0.115 e. The Bertz CT molecular complexity index is 73.5. The molecule has 1 atom stereocenters. The Morgan fingerprint density at radius 3 is 2.11 bits per heavy atom. The zero-order chi connectivity index (χ0) is 7.44. The predicted molar refractivity (Wildman–Crippen MR) is 38.0 cm³/mol. The van der Waals surface area contributed by atoms with Gasteiger partial charge in [0.05, 0.1) is 0 Å². The average molecular weight is 132 g/mol. The summed E-state index contributed by atoms with van der Waals surface area (Å²) >= 11 is 0. The number of aliphatic hydroxyl groups excluding tert-OH is 1. The molecule has 0 rings (SSSR count). The van der Waals surface area contributed by atoms with Gasteiger partial charge in [0.25, 0.3) is 0 Å². The summed E-state index contributed by atoms with van der Waals surface area (Å²) in [4.78, 5) is 1.99. The summed E-state index contributed by atoms with van der Waals surface area (Å²) in [6.45, 7) is 4.66. The summed E-state index contributed by atoms with van der Waals surface area (Å²) in [6, 6.07) is 0.447. The van der Waals surface area contributed by atoms with Gasteiger partial charge in [-0.25, -0.2) is 0 Å². The number of likely N-dealkylation sites (N-methyl/N-ethyl adjacent to an activating group) is 1. The molecule has 0 saturated heterocycles. The summed E-state index contributed by atoms with van der Waals surface area (Å²) < 4.78 is 0. The third-order valence-electron chi connectivity index (χ3n) is 1.36. The number of nitrogens with two attached hydrogens (primary N) is 1. The zero-order valence-corrected chi connectivity index (χ0v) is 6.33. The molecule has 0 bridgehead atoms. The van der Waals surface area contributed by atoms with Crippen molar-refractivity contribution >= 4 is 0 Å². The fraction of sp³-hybridized carbons (Fsp3) is 1.00. The summed E-state index contributed by atoms with van der Waals surface area (Å²) in [5, 5.41) is 8.71. The lowest BCUT2D eigenvalue weighted by molar-refractivity contribution is 0.117. The van der Waals surface area contributed by atoms with E-state index in [1.807, 2.05) is 11.9 Å². The highest BCUT2D eigenvalue weighted by molar-refractivity contribution is 4.58. The molecule has 0 saturated carbocycles. The van der Waals surface area contributed by atoms with Crippen LogP contribution in [0, 0.1) is 0 Å². The van der Waals surface area contributed by atoms with Crippen molar-refractivity contribution in [2.24, 2.45) is 5.73 Å². The molecule has 0 amide bonds. The first-order valence-electron chi connectivity index (χ1n) is 3.18. The van der Waals surface area contributed by atoms with E-state index >= 15 is 0 Å². The molecule has 0 aliphatic carbocycles. The van der Waals surface area contributed by atoms with Crippen molar-refractivity contribution in [3.05, 3.63) is 0 Å². The van der Waals surface area contributed by atoms with Gasteiger partial charge in [0.2, 0.25) is 0 Å². The molecule has 1 unspecified atom stereocenters. The number of aliphatic hydroxyl groups is 1. The van der Waals surface area contributed by atoms with Gasteiger partial charge in [-0.1, -0.05) is 0 Å². The van der Waals surface area contributed by atoms with Crippen molar-refractivity contribution in [2.45, 2.75) is 26.1 Å². The third kappa shape index (κ3) is 4.39. The first-order chi connectivity index (χ1) is 4.04. The second-order valence-corrected chi connectivity index (χ2v) is 2.60. The molecule has 0 aromatic heterocycles. The van der Waals surface area contributed by atoms with Gasteiger partial charge in [-0.3, -0.25) is 0 Å². The lowest BCUT2D eigenvalue weighted by Gasteiger charge is -2.21. The molecular weight excluding hydrogens is 116 g/mol.